The van der Waals surface area contributed by atoms with Crippen LogP contribution in [0.1, 0.15) is 123 Å². The summed E-state index contributed by atoms with van der Waals surface area (Å²) in [4.78, 5) is 35.1. The van der Waals surface area contributed by atoms with Gasteiger partial charge < -0.3 is 74.4 Å². The van der Waals surface area contributed by atoms with E-state index >= 15 is 0 Å². The molecular formula is C38H68O18. The maximum absolute atomic E-state index is 12.8. The Labute approximate surface area is 329 Å². The number of hydrogen-bond donors (Lipinski definition) is 9. The van der Waals surface area contributed by atoms with Gasteiger partial charge in [0.25, 0.3) is 0 Å². The third-order valence-corrected chi connectivity index (χ3v) is 9.96. The van der Waals surface area contributed by atoms with E-state index in [9.17, 15) is 55.2 Å². The molecule has 0 radical (unpaired) electrons. The zero-order valence-corrected chi connectivity index (χ0v) is 32.8. The highest BCUT2D eigenvalue weighted by Crippen LogP contribution is 2.31. The van der Waals surface area contributed by atoms with Gasteiger partial charge >= 0.3 is 17.9 Å². The molecule has 2 saturated heterocycles. The highest BCUT2D eigenvalue weighted by molar-refractivity contribution is 5.70. The molecule has 56 heavy (non-hydrogen) atoms. The minimum atomic E-state index is -1.83. The molecule has 2 aliphatic heterocycles. The molecule has 0 aliphatic carbocycles. The van der Waals surface area contributed by atoms with Gasteiger partial charge in [-0.25, -0.2) is 0 Å². The van der Waals surface area contributed by atoms with Crippen LogP contribution in [0.3, 0.4) is 0 Å². The second-order valence-corrected chi connectivity index (χ2v) is 14.9. The second-order valence-electron chi connectivity index (χ2n) is 14.9. The van der Waals surface area contributed by atoms with Crippen LogP contribution < -0.4 is 0 Å². The first-order chi connectivity index (χ1) is 26.7. The number of aliphatic hydroxyl groups is 8. The number of unbranched alkanes of at least 4 members (excludes halogenated alkanes) is 10. The van der Waals surface area contributed by atoms with Crippen molar-refractivity contribution in [3.8, 4) is 0 Å². The van der Waals surface area contributed by atoms with Gasteiger partial charge in [0, 0.05) is 6.92 Å². The van der Waals surface area contributed by atoms with Crippen molar-refractivity contribution in [1.29, 1.82) is 0 Å². The van der Waals surface area contributed by atoms with Gasteiger partial charge in [0.1, 0.15) is 49.3 Å². The van der Waals surface area contributed by atoms with Gasteiger partial charge in [-0.2, -0.15) is 0 Å². The number of esters is 2. The zero-order chi connectivity index (χ0) is 41.6. The van der Waals surface area contributed by atoms with Crippen LogP contribution >= 0.6 is 0 Å². The molecule has 2 rings (SSSR count). The topological polar surface area (TPSA) is 289 Å². The SMILES string of the molecule is CCCCC[C@H](O)CC(=O)O[C@H]1[C@H](O[C@H]2[C@H](O)[C@@H](O)[C@H](OC[C@@H](O)CCCCCCCCCCC[C@H](O)CC(=O)O)O[C@@H]2COC(C)=O)O[C@H](CO)[C@@H](O)[C@@H]1O. The van der Waals surface area contributed by atoms with Crippen LogP contribution in [0.2, 0.25) is 0 Å². The summed E-state index contributed by atoms with van der Waals surface area (Å²) in [5.74, 6) is -2.64. The number of aliphatic carboxylic acids is 1. The number of ether oxygens (including phenoxy) is 6. The van der Waals surface area contributed by atoms with E-state index in [4.69, 9.17) is 33.5 Å². The molecule has 18 nitrogen and oxygen atoms in total. The van der Waals surface area contributed by atoms with Crippen molar-refractivity contribution >= 4 is 17.9 Å². The van der Waals surface area contributed by atoms with E-state index in [1.807, 2.05) is 6.92 Å². The largest absolute Gasteiger partial charge is 0.481 e. The number of aliphatic hydroxyl groups excluding tert-OH is 8. The summed E-state index contributed by atoms with van der Waals surface area (Å²) in [6.07, 6.45) is -7.63. The molecule has 9 N–H and O–H groups in total. The molecule has 0 unspecified atom stereocenters. The number of carbonyl (C=O) groups is 3. The van der Waals surface area contributed by atoms with Crippen molar-refractivity contribution < 1.29 is 88.8 Å². The lowest BCUT2D eigenvalue weighted by Crippen LogP contribution is -2.65. The van der Waals surface area contributed by atoms with Crippen molar-refractivity contribution in [3.05, 3.63) is 0 Å². The Balaban J connectivity index is 1.90. The summed E-state index contributed by atoms with van der Waals surface area (Å²) in [7, 11) is 0. The van der Waals surface area contributed by atoms with Crippen LogP contribution in [0.5, 0.6) is 0 Å². The van der Waals surface area contributed by atoms with Gasteiger partial charge in [-0.15, -0.1) is 0 Å². The second kappa shape index (κ2) is 27.6. The Bertz CT molecular complexity index is 1100. The van der Waals surface area contributed by atoms with Crippen molar-refractivity contribution in [2.24, 2.45) is 0 Å². The van der Waals surface area contributed by atoms with Crippen LogP contribution in [0.15, 0.2) is 0 Å². The molecule has 0 amide bonds. The van der Waals surface area contributed by atoms with Crippen LogP contribution in [-0.4, -0.2) is 163 Å². The average molecular weight is 813 g/mol. The number of carboxylic acids is 1. The Hall–Kier alpha value is -2.07. The maximum Gasteiger partial charge on any atom is 0.308 e. The van der Waals surface area contributed by atoms with Gasteiger partial charge in [0.05, 0.1) is 44.4 Å². The summed E-state index contributed by atoms with van der Waals surface area (Å²) in [6.45, 7) is 1.59. The summed E-state index contributed by atoms with van der Waals surface area (Å²) in [6, 6.07) is 0. The standard InChI is InChI=1S/C38H68O18/c1-3-4-12-15-25(42)19-30(46)55-36-32(48)31(47)27(20-39)53-38(36)56-35-28(22-51-23(2)40)54-37(34(50)33(35)49)52-21-26(43)17-14-11-9-7-5-6-8-10-13-16-24(41)18-29(44)45/h24-28,31-39,41-43,47-50H,3-22H2,1-2H3,(H,44,45)/t24-,25-,26-,27+,28+,31+,32-,33+,34+,35+,36+,37+,38-/m0/s1. The first-order valence-corrected chi connectivity index (χ1v) is 20.2. The molecule has 0 saturated carbocycles. The molecule has 2 fully saturated rings. The van der Waals surface area contributed by atoms with Crippen LogP contribution in [0.4, 0.5) is 0 Å². The monoisotopic (exact) mass is 812 g/mol. The molecular weight excluding hydrogens is 744 g/mol. The number of carboxylic acid groups (broad SMARTS) is 1. The van der Waals surface area contributed by atoms with Crippen molar-refractivity contribution in [3.63, 3.8) is 0 Å². The minimum Gasteiger partial charge on any atom is -0.481 e. The molecule has 328 valence electrons. The Kier molecular flexibility index (Phi) is 24.7. The lowest BCUT2D eigenvalue weighted by Gasteiger charge is -2.46. The maximum atomic E-state index is 12.8. The van der Waals surface area contributed by atoms with E-state index < -0.39 is 117 Å². The number of hydrogen-bond acceptors (Lipinski definition) is 17. The molecule has 0 aromatic rings. The van der Waals surface area contributed by atoms with Crippen LogP contribution in [0.25, 0.3) is 0 Å². The fourth-order valence-electron chi connectivity index (χ4n) is 6.71. The third-order valence-electron chi connectivity index (χ3n) is 9.96. The van der Waals surface area contributed by atoms with Crippen molar-refractivity contribution in [2.45, 2.75) is 203 Å². The highest BCUT2D eigenvalue weighted by atomic mass is 16.8. The van der Waals surface area contributed by atoms with Crippen LogP contribution in [-0.2, 0) is 42.8 Å². The third kappa shape index (κ3) is 18.7. The first kappa shape index (κ1) is 50.1. The number of rotatable bonds is 29. The lowest BCUT2D eigenvalue weighted by atomic mass is 9.96. The predicted octanol–water partition coefficient (Wildman–Crippen LogP) is 0.568. The van der Waals surface area contributed by atoms with E-state index in [1.54, 1.807) is 0 Å². The lowest BCUT2D eigenvalue weighted by molar-refractivity contribution is -0.361. The van der Waals surface area contributed by atoms with E-state index in [2.05, 4.69) is 0 Å². The molecule has 2 aliphatic rings. The molecule has 0 bridgehead atoms. The normalized spacial score (nSPS) is 29.7. The Morgan fingerprint density at radius 2 is 1.16 bits per heavy atom. The first-order valence-electron chi connectivity index (χ1n) is 20.2. The fraction of sp³-hybridized carbons (Fsp3) is 0.921. The molecule has 0 aromatic carbocycles. The fourth-order valence-corrected chi connectivity index (χ4v) is 6.71. The number of carbonyl (C=O) groups excluding carboxylic acids is 2. The van der Waals surface area contributed by atoms with E-state index in [-0.39, 0.29) is 13.0 Å². The summed E-state index contributed by atoms with van der Waals surface area (Å²) in [5.41, 5.74) is 0. The van der Waals surface area contributed by atoms with E-state index in [0.29, 0.717) is 32.1 Å². The highest BCUT2D eigenvalue weighted by Gasteiger charge is 2.52. The Morgan fingerprint density at radius 1 is 0.643 bits per heavy atom. The van der Waals surface area contributed by atoms with E-state index in [1.165, 1.54) is 0 Å². The Morgan fingerprint density at radius 3 is 1.71 bits per heavy atom. The molecule has 0 spiro atoms. The smallest absolute Gasteiger partial charge is 0.308 e. The van der Waals surface area contributed by atoms with Gasteiger partial charge in [-0.1, -0.05) is 84.0 Å². The molecule has 0 aromatic heterocycles. The van der Waals surface area contributed by atoms with E-state index in [0.717, 1.165) is 71.1 Å². The van der Waals surface area contributed by atoms with Gasteiger partial charge in [-0.05, 0) is 19.3 Å². The van der Waals surface area contributed by atoms with Gasteiger partial charge in [-0.3, -0.25) is 14.4 Å². The quantitative estimate of drug-likeness (QED) is 0.0369. The van der Waals surface area contributed by atoms with Crippen molar-refractivity contribution in [1.82, 2.24) is 0 Å². The summed E-state index contributed by atoms with van der Waals surface area (Å²) < 4.78 is 33.5. The van der Waals surface area contributed by atoms with Gasteiger partial charge in [0.2, 0.25) is 0 Å². The van der Waals surface area contributed by atoms with Crippen molar-refractivity contribution in [2.75, 3.05) is 19.8 Å². The predicted molar refractivity (Wildman–Crippen MR) is 196 cm³/mol. The minimum absolute atomic E-state index is 0.227. The zero-order valence-electron chi connectivity index (χ0n) is 32.8. The average Bonchev–Trinajstić information content (AvgIpc) is 3.14. The molecule has 2 heterocycles. The molecule has 18 heteroatoms. The molecule has 13 atom stereocenters. The van der Waals surface area contributed by atoms with Crippen LogP contribution in [0, 0.1) is 0 Å². The summed E-state index contributed by atoms with van der Waals surface area (Å²) >= 11 is 0. The summed E-state index contributed by atoms with van der Waals surface area (Å²) in [5, 5.41) is 92.4. The van der Waals surface area contributed by atoms with Gasteiger partial charge in [0.15, 0.2) is 18.7 Å².